The Kier molecular flexibility index (Phi) is 3.49. The smallest absolute Gasteiger partial charge is 0.0343 e. The second-order valence-electron chi connectivity index (χ2n) is 5.10. The van der Waals surface area contributed by atoms with Gasteiger partial charge in [0, 0.05) is 11.7 Å². The fourth-order valence-electron chi connectivity index (χ4n) is 2.66. The van der Waals surface area contributed by atoms with Gasteiger partial charge in [0.05, 0.1) is 0 Å². The van der Waals surface area contributed by atoms with E-state index in [1.807, 2.05) is 6.07 Å². The zero-order chi connectivity index (χ0) is 11.5. The minimum Gasteiger partial charge on any atom is -0.399 e. The lowest BCUT2D eigenvalue weighted by atomic mass is 9.81. The highest BCUT2D eigenvalue weighted by molar-refractivity contribution is 5.47. The minimum atomic E-state index is 0.395. The Hall–Kier alpha value is -1.02. The maximum Gasteiger partial charge on any atom is 0.0343 e. The van der Waals surface area contributed by atoms with Gasteiger partial charge in [0.2, 0.25) is 0 Å². The van der Waals surface area contributed by atoms with Gasteiger partial charge in [0.25, 0.3) is 0 Å². The first kappa shape index (κ1) is 11.5. The summed E-state index contributed by atoms with van der Waals surface area (Å²) in [4.78, 5) is 0. The van der Waals surface area contributed by atoms with E-state index in [1.54, 1.807) is 0 Å². The molecule has 2 rings (SSSR count). The maximum atomic E-state index is 6.17. The van der Waals surface area contributed by atoms with E-state index < -0.39 is 0 Å². The van der Waals surface area contributed by atoms with Crippen molar-refractivity contribution in [3.8, 4) is 0 Å². The van der Waals surface area contributed by atoms with E-state index in [0.717, 1.165) is 12.1 Å². The number of rotatable bonds is 2. The highest BCUT2D eigenvalue weighted by Gasteiger charge is 2.21. The summed E-state index contributed by atoms with van der Waals surface area (Å²) >= 11 is 0. The number of nitrogen functional groups attached to an aromatic ring is 1. The van der Waals surface area contributed by atoms with Crippen molar-refractivity contribution in [1.82, 2.24) is 0 Å². The second-order valence-corrected chi connectivity index (χ2v) is 5.10. The minimum absolute atomic E-state index is 0.395. The molecule has 2 atom stereocenters. The van der Waals surface area contributed by atoms with Crippen molar-refractivity contribution >= 4 is 5.69 Å². The summed E-state index contributed by atoms with van der Waals surface area (Å²) in [6.07, 6.45) is 6.23. The lowest BCUT2D eigenvalue weighted by Crippen LogP contribution is -2.34. The average Bonchev–Trinajstić information content (AvgIpc) is 2.27. The van der Waals surface area contributed by atoms with Crippen LogP contribution < -0.4 is 11.5 Å². The summed E-state index contributed by atoms with van der Waals surface area (Å²) in [5.74, 6) is 0.664. The summed E-state index contributed by atoms with van der Waals surface area (Å²) < 4.78 is 0. The zero-order valence-electron chi connectivity index (χ0n) is 10.1. The van der Waals surface area contributed by atoms with Crippen molar-refractivity contribution < 1.29 is 0 Å². The number of hydrogen-bond donors (Lipinski definition) is 2. The van der Waals surface area contributed by atoms with Crippen LogP contribution in [0.4, 0.5) is 5.69 Å². The molecule has 1 fully saturated rings. The first-order valence-electron chi connectivity index (χ1n) is 6.27. The van der Waals surface area contributed by atoms with E-state index in [4.69, 9.17) is 11.5 Å². The van der Waals surface area contributed by atoms with Crippen molar-refractivity contribution in [2.24, 2.45) is 11.7 Å². The second kappa shape index (κ2) is 4.88. The molecule has 1 saturated carbocycles. The molecule has 1 aliphatic rings. The van der Waals surface area contributed by atoms with Crippen LogP contribution in [0.5, 0.6) is 0 Å². The molecule has 1 aliphatic carbocycles. The number of anilines is 1. The van der Waals surface area contributed by atoms with Gasteiger partial charge in [0.1, 0.15) is 0 Å². The Balaban J connectivity index is 2.05. The van der Waals surface area contributed by atoms with Crippen LogP contribution in [0, 0.1) is 12.8 Å². The molecular weight excluding hydrogens is 196 g/mol. The van der Waals surface area contributed by atoms with Crippen LogP contribution in [0.2, 0.25) is 0 Å². The molecule has 2 nitrogen and oxygen atoms in total. The Morgan fingerprint density at radius 2 is 2.00 bits per heavy atom. The quantitative estimate of drug-likeness (QED) is 0.750. The fraction of sp³-hybridized carbons (Fsp3) is 0.571. The van der Waals surface area contributed by atoms with Gasteiger partial charge < -0.3 is 11.5 Å². The zero-order valence-corrected chi connectivity index (χ0v) is 10.1. The molecule has 0 heterocycles. The van der Waals surface area contributed by atoms with E-state index in [1.165, 1.54) is 36.8 Å². The first-order valence-corrected chi connectivity index (χ1v) is 6.27. The lowest BCUT2D eigenvalue weighted by Gasteiger charge is -2.28. The van der Waals surface area contributed by atoms with Gasteiger partial charge in [-0.3, -0.25) is 0 Å². The molecule has 0 aromatic heterocycles. The molecule has 0 aliphatic heterocycles. The third kappa shape index (κ3) is 2.56. The Bertz CT molecular complexity index is 360. The molecule has 0 unspecified atom stereocenters. The summed E-state index contributed by atoms with van der Waals surface area (Å²) in [6.45, 7) is 2.07. The van der Waals surface area contributed by atoms with Crippen molar-refractivity contribution in [1.29, 1.82) is 0 Å². The predicted molar refractivity (Wildman–Crippen MR) is 69.2 cm³/mol. The normalized spacial score (nSPS) is 25.6. The Labute approximate surface area is 98.0 Å². The molecular formula is C14H22N2. The van der Waals surface area contributed by atoms with E-state index in [9.17, 15) is 0 Å². The Morgan fingerprint density at radius 1 is 1.25 bits per heavy atom. The molecule has 16 heavy (non-hydrogen) atoms. The topological polar surface area (TPSA) is 52.0 Å². The van der Waals surface area contributed by atoms with Gasteiger partial charge in [-0.25, -0.2) is 0 Å². The predicted octanol–water partition coefficient (Wildman–Crippen LogP) is 2.64. The molecule has 4 N–H and O–H groups in total. The van der Waals surface area contributed by atoms with Gasteiger partial charge in [-0.05, 0) is 49.3 Å². The first-order chi connectivity index (χ1) is 7.66. The molecule has 2 heteroatoms. The van der Waals surface area contributed by atoms with Crippen LogP contribution >= 0.6 is 0 Å². The van der Waals surface area contributed by atoms with Gasteiger partial charge >= 0.3 is 0 Å². The van der Waals surface area contributed by atoms with E-state index >= 15 is 0 Å². The van der Waals surface area contributed by atoms with Gasteiger partial charge in [0.15, 0.2) is 0 Å². The number of benzene rings is 1. The van der Waals surface area contributed by atoms with Crippen molar-refractivity contribution in [2.45, 2.75) is 45.1 Å². The molecule has 0 amide bonds. The highest BCUT2D eigenvalue weighted by atomic mass is 14.7. The van der Waals surface area contributed by atoms with Crippen molar-refractivity contribution in [2.75, 3.05) is 5.73 Å². The number of aryl methyl sites for hydroxylation is 1. The third-order valence-electron chi connectivity index (χ3n) is 3.80. The van der Waals surface area contributed by atoms with Crippen molar-refractivity contribution in [3.05, 3.63) is 29.3 Å². The molecule has 0 radical (unpaired) electrons. The monoisotopic (exact) mass is 218 g/mol. The van der Waals surface area contributed by atoms with Gasteiger partial charge in [-0.2, -0.15) is 0 Å². The summed E-state index contributed by atoms with van der Waals surface area (Å²) in [6, 6.07) is 6.76. The molecule has 0 spiro atoms. The van der Waals surface area contributed by atoms with Crippen molar-refractivity contribution in [3.63, 3.8) is 0 Å². The average molecular weight is 218 g/mol. The summed E-state index contributed by atoms with van der Waals surface area (Å²) in [7, 11) is 0. The van der Waals surface area contributed by atoms with Crippen LogP contribution in [0.1, 0.15) is 36.8 Å². The van der Waals surface area contributed by atoms with Crippen LogP contribution in [-0.4, -0.2) is 6.04 Å². The fourth-order valence-corrected chi connectivity index (χ4v) is 2.66. The van der Waals surface area contributed by atoms with Crippen LogP contribution in [-0.2, 0) is 6.42 Å². The summed E-state index contributed by atoms with van der Waals surface area (Å²) in [5, 5.41) is 0. The lowest BCUT2D eigenvalue weighted by molar-refractivity contribution is 0.306. The van der Waals surface area contributed by atoms with E-state index in [2.05, 4.69) is 19.1 Å². The molecule has 0 bridgehead atoms. The third-order valence-corrected chi connectivity index (χ3v) is 3.80. The SMILES string of the molecule is Cc1cc(C[C@@H]2CCCC[C@H]2N)ccc1N. The van der Waals surface area contributed by atoms with E-state index in [0.29, 0.717) is 12.0 Å². The largest absolute Gasteiger partial charge is 0.399 e. The molecule has 88 valence electrons. The van der Waals surface area contributed by atoms with Gasteiger partial charge in [-0.1, -0.05) is 25.0 Å². The molecule has 0 saturated heterocycles. The maximum absolute atomic E-state index is 6.17. The van der Waals surface area contributed by atoms with Crippen LogP contribution in [0.15, 0.2) is 18.2 Å². The highest BCUT2D eigenvalue weighted by Crippen LogP contribution is 2.27. The molecule has 1 aromatic rings. The van der Waals surface area contributed by atoms with Gasteiger partial charge in [-0.15, -0.1) is 0 Å². The standard InChI is InChI=1S/C14H22N2/c1-10-8-11(6-7-13(10)15)9-12-4-2-3-5-14(12)16/h6-8,12,14H,2-5,9,15-16H2,1H3/t12-,14+/m0/s1. The van der Waals surface area contributed by atoms with Crippen LogP contribution in [0.3, 0.4) is 0 Å². The Morgan fingerprint density at radius 3 is 2.69 bits per heavy atom. The van der Waals surface area contributed by atoms with E-state index in [-0.39, 0.29) is 0 Å². The molecule has 1 aromatic carbocycles. The number of nitrogens with two attached hydrogens (primary N) is 2. The van der Waals surface area contributed by atoms with Crippen LogP contribution in [0.25, 0.3) is 0 Å². The number of hydrogen-bond acceptors (Lipinski definition) is 2. The summed E-state index contributed by atoms with van der Waals surface area (Å²) in [5.41, 5.74) is 15.4.